The highest BCUT2D eigenvalue weighted by Gasteiger charge is 2.48. The summed E-state index contributed by atoms with van der Waals surface area (Å²) in [7, 11) is 4.43. The molecule has 1 saturated heterocycles. The molecule has 4 nitrogen and oxygen atoms in total. The summed E-state index contributed by atoms with van der Waals surface area (Å²) in [6.45, 7) is 1.77. The lowest BCUT2D eigenvalue weighted by atomic mass is 9.66. The Morgan fingerprint density at radius 2 is 1.96 bits per heavy atom. The normalized spacial score (nSPS) is 28.8. The smallest absolute Gasteiger partial charge is 0.255 e. The maximum absolute atomic E-state index is 12.8. The highest BCUT2D eigenvalue weighted by atomic mass is 32.1. The van der Waals surface area contributed by atoms with Crippen LogP contribution < -0.4 is 0 Å². The van der Waals surface area contributed by atoms with Crippen LogP contribution in [0.2, 0.25) is 0 Å². The second-order valence-electron chi connectivity index (χ2n) is 8.12. The fourth-order valence-electron chi connectivity index (χ4n) is 4.84. The molecule has 3 heterocycles. The molecule has 0 aromatic carbocycles. The molecule has 4 rings (SSSR count). The van der Waals surface area contributed by atoms with Crippen LogP contribution in [0.1, 0.15) is 47.3 Å². The minimum absolute atomic E-state index is 0.137. The topological polar surface area (TPSA) is 36.4 Å². The van der Waals surface area contributed by atoms with Gasteiger partial charge in [0.2, 0.25) is 0 Å². The van der Waals surface area contributed by atoms with Gasteiger partial charge >= 0.3 is 0 Å². The number of aromatic nitrogens is 1. The standard InChI is InChI=1S/C21H27N3OS/c1-23(2)21(18-6-4-14-26-18)9-7-20(8-10-21)11-13-24(16-20)19(25)17-5-3-12-22-15-17/h3-6,12,14-15H,7-11,13,16H2,1-2H3. The molecule has 1 spiro atoms. The van der Waals surface area contributed by atoms with E-state index in [1.54, 1.807) is 12.4 Å². The van der Waals surface area contributed by atoms with E-state index in [1.807, 2.05) is 28.4 Å². The maximum atomic E-state index is 12.8. The number of carbonyl (C=O) groups excluding carboxylic acids is 1. The van der Waals surface area contributed by atoms with E-state index >= 15 is 0 Å². The molecule has 0 N–H and O–H groups in total. The molecule has 1 aliphatic carbocycles. The highest BCUT2D eigenvalue weighted by molar-refractivity contribution is 7.10. The average molecular weight is 370 g/mol. The van der Waals surface area contributed by atoms with Gasteiger partial charge in [-0.2, -0.15) is 0 Å². The molecule has 0 radical (unpaired) electrons. The first-order valence-corrected chi connectivity index (χ1v) is 10.3. The number of likely N-dealkylation sites (tertiary alicyclic amines) is 1. The third kappa shape index (κ3) is 2.97. The predicted molar refractivity (Wildman–Crippen MR) is 105 cm³/mol. The number of nitrogens with zero attached hydrogens (tertiary/aromatic N) is 3. The number of thiophene rings is 1. The van der Waals surface area contributed by atoms with Crippen molar-refractivity contribution in [3.05, 3.63) is 52.5 Å². The fourth-order valence-corrected chi connectivity index (χ4v) is 5.91. The molecule has 0 unspecified atom stereocenters. The van der Waals surface area contributed by atoms with Crippen LogP contribution in [0, 0.1) is 5.41 Å². The van der Waals surface area contributed by atoms with E-state index in [0.717, 1.165) is 19.5 Å². The minimum atomic E-state index is 0.137. The summed E-state index contributed by atoms with van der Waals surface area (Å²) < 4.78 is 0. The van der Waals surface area contributed by atoms with Crippen LogP contribution in [0.3, 0.4) is 0 Å². The Hall–Kier alpha value is -1.72. The van der Waals surface area contributed by atoms with Gasteiger partial charge in [-0.15, -0.1) is 11.3 Å². The molecule has 0 atom stereocenters. The van der Waals surface area contributed by atoms with Gasteiger partial charge in [-0.1, -0.05) is 6.07 Å². The van der Waals surface area contributed by atoms with E-state index in [2.05, 4.69) is 41.5 Å². The molecule has 0 bridgehead atoms. The van der Waals surface area contributed by atoms with E-state index in [9.17, 15) is 4.79 Å². The van der Waals surface area contributed by atoms with E-state index in [0.29, 0.717) is 11.0 Å². The lowest BCUT2D eigenvalue weighted by Gasteiger charge is -2.48. The molecule has 2 aromatic heterocycles. The quantitative estimate of drug-likeness (QED) is 0.820. The Morgan fingerprint density at radius 3 is 2.58 bits per heavy atom. The van der Waals surface area contributed by atoms with E-state index < -0.39 is 0 Å². The number of amides is 1. The molecule has 26 heavy (non-hydrogen) atoms. The van der Waals surface area contributed by atoms with Crippen molar-refractivity contribution in [2.24, 2.45) is 5.41 Å². The SMILES string of the molecule is CN(C)C1(c2cccs2)CCC2(CCN(C(=O)c3cccnc3)C2)CC1. The Morgan fingerprint density at radius 1 is 1.15 bits per heavy atom. The molecule has 2 aliphatic rings. The van der Waals surface area contributed by atoms with Crippen LogP contribution in [-0.2, 0) is 5.54 Å². The Bertz CT molecular complexity index is 749. The molecule has 1 saturated carbocycles. The molecular formula is C21H27N3OS. The van der Waals surface area contributed by atoms with Gasteiger partial charge in [-0.3, -0.25) is 14.7 Å². The van der Waals surface area contributed by atoms with Crippen molar-refractivity contribution in [2.45, 2.75) is 37.6 Å². The first-order valence-electron chi connectivity index (χ1n) is 9.46. The Labute approximate surface area is 159 Å². The van der Waals surface area contributed by atoms with E-state index in [-0.39, 0.29) is 11.4 Å². The van der Waals surface area contributed by atoms with Crippen molar-refractivity contribution in [1.82, 2.24) is 14.8 Å². The van der Waals surface area contributed by atoms with Crippen LogP contribution >= 0.6 is 11.3 Å². The number of hydrogen-bond donors (Lipinski definition) is 0. The first-order chi connectivity index (χ1) is 12.5. The molecular weight excluding hydrogens is 342 g/mol. The van der Waals surface area contributed by atoms with Crippen LogP contribution in [0.5, 0.6) is 0 Å². The van der Waals surface area contributed by atoms with Crippen molar-refractivity contribution < 1.29 is 4.79 Å². The first kappa shape index (κ1) is 17.7. The lowest BCUT2D eigenvalue weighted by Crippen LogP contribution is -2.47. The number of pyridine rings is 1. The summed E-state index contributed by atoms with van der Waals surface area (Å²) in [5.41, 5.74) is 1.18. The summed E-state index contributed by atoms with van der Waals surface area (Å²) >= 11 is 1.88. The van der Waals surface area contributed by atoms with Crippen molar-refractivity contribution in [3.63, 3.8) is 0 Å². The van der Waals surface area contributed by atoms with Crippen molar-refractivity contribution >= 4 is 17.2 Å². The molecule has 138 valence electrons. The summed E-state index contributed by atoms with van der Waals surface area (Å²) in [4.78, 5) is 22.8. The zero-order valence-corrected chi connectivity index (χ0v) is 16.5. The van der Waals surface area contributed by atoms with Crippen LogP contribution in [-0.4, -0.2) is 47.9 Å². The summed E-state index contributed by atoms with van der Waals surface area (Å²) in [5.74, 6) is 0.137. The number of rotatable bonds is 3. The van der Waals surface area contributed by atoms with Gasteiger partial charge in [-0.05, 0) is 75.2 Å². The molecule has 1 amide bonds. The Kier molecular flexibility index (Phi) is 4.61. The van der Waals surface area contributed by atoms with E-state index in [4.69, 9.17) is 0 Å². The minimum Gasteiger partial charge on any atom is -0.338 e. The van der Waals surface area contributed by atoms with Gasteiger partial charge in [0.05, 0.1) is 11.1 Å². The highest BCUT2D eigenvalue weighted by Crippen LogP contribution is 2.52. The summed E-state index contributed by atoms with van der Waals surface area (Å²) in [5, 5.41) is 2.19. The van der Waals surface area contributed by atoms with Gasteiger partial charge in [0.1, 0.15) is 0 Å². The molecule has 2 fully saturated rings. The van der Waals surface area contributed by atoms with Crippen LogP contribution in [0.15, 0.2) is 42.0 Å². The zero-order chi connectivity index (χ0) is 18.2. The summed E-state index contributed by atoms with van der Waals surface area (Å²) in [6, 6.07) is 8.16. The predicted octanol–water partition coefficient (Wildman–Crippen LogP) is 4.01. The average Bonchev–Trinajstić information content (AvgIpc) is 3.34. The largest absolute Gasteiger partial charge is 0.338 e. The second kappa shape index (κ2) is 6.78. The van der Waals surface area contributed by atoms with Crippen molar-refractivity contribution in [1.29, 1.82) is 0 Å². The van der Waals surface area contributed by atoms with Gasteiger partial charge in [0, 0.05) is 30.4 Å². The van der Waals surface area contributed by atoms with E-state index in [1.165, 1.54) is 30.6 Å². The monoisotopic (exact) mass is 369 g/mol. The van der Waals surface area contributed by atoms with Crippen LogP contribution in [0.4, 0.5) is 0 Å². The summed E-state index contributed by atoms with van der Waals surface area (Å²) in [6.07, 6.45) is 9.27. The second-order valence-corrected chi connectivity index (χ2v) is 9.07. The van der Waals surface area contributed by atoms with Gasteiger partial charge < -0.3 is 4.90 Å². The van der Waals surface area contributed by atoms with Gasteiger partial charge in [0.25, 0.3) is 5.91 Å². The fraction of sp³-hybridized carbons (Fsp3) is 0.524. The molecule has 5 heteroatoms. The molecule has 1 aliphatic heterocycles. The lowest BCUT2D eigenvalue weighted by molar-refractivity contribution is 0.0393. The van der Waals surface area contributed by atoms with Gasteiger partial charge in [0.15, 0.2) is 0 Å². The van der Waals surface area contributed by atoms with Crippen molar-refractivity contribution in [3.8, 4) is 0 Å². The van der Waals surface area contributed by atoms with Gasteiger partial charge in [-0.25, -0.2) is 0 Å². The zero-order valence-electron chi connectivity index (χ0n) is 15.6. The van der Waals surface area contributed by atoms with Crippen LogP contribution in [0.25, 0.3) is 0 Å². The number of hydrogen-bond acceptors (Lipinski definition) is 4. The third-order valence-corrected chi connectivity index (χ3v) is 7.67. The maximum Gasteiger partial charge on any atom is 0.255 e. The molecule has 2 aromatic rings. The third-order valence-electron chi connectivity index (χ3n) is 6.61. The van der Waals surface area contributed by atoms with Crippen molar-refractivity contribution in [2.75, 3.05) is 27.2 Å². The number of carbonyl (C=O) groups is 1. The Balaban J connectivity index is 1.47.